The first-order valence-electron chi connectivity index (χ1n) is 6.69. The molecule has 0 spiro atoms. The Hall–Kier alpha value is -1.47. The summed E-state index contributed by atoms with van der Waals surface area (Å²) in [5.41, 5.74) is 1.40. The van der Waals surface area contributed by atoms with Crippen LogP contribution in [0.25, 0.3) is 0 Å². The highest BCUT2D eigenvalue weighted by Crippen LogP contribution is 2.35. The summed E-state index contributed by atoms with van der Waals surface area (Å²) < 4.78 is 0. The van der Waals surface area contributed by atoms with Gasteiger partial charge in [-0.15, -0.1) is 18.3 Å². The van der Waals surface area contributed by atoms with Crippen LogP contribution in [0.3, 0.4) is 0 Å². The molecule has 0 radical (unpaired) electrons. The summed E-state index contributed by atoms with van der Waals surface area (Å²) in [5.74, 6) is 0.518. The number of hydrogen-bond donors (Lipinski definition) is 0. The summed E-state index contributed by atoms with van der Waals surface area (Å²) in [7, 11) is 0. The molecule has 0 aliphatic carbocycles. The fourth-order valence-electron chi connectivity index (χ4n) is 2.16. The maximum absolute atomic E-state index is 3.90. The Morgan fingerprint density at radius 1 is 1.00 bits per heavy atom. The van der Waals surface area contributed by atoms with Crippen LogP contribution in [0.15, 0.2) is 78.2 Å². The van der Waals surface area contributed by atoms with Crippen LogP contribution in [-0.2, 0) is 0 Å². The lowest BCUT2D eigenvalue weighted by molar-refractivity contribution is 0.710. The largest absolute Gasteiger partial charge is 0.122 e. The van der Waals surface area contributed by atoms with E-state index in [0.717, 1.165) is 6.42 Å². The van der Waals surface area contributed by atoms with E-state index in [0.29, 0.717) is 11.2 Å². The summed E-state index contributed by atoms with van der Waals surface area (Å²) in [4.78, 5) is 1.33. The minimum Gasteiger partial charge on any atom is -0.122 e. The van der Waals surface area contributed by atoms with Crippen LogP contribution >= 0.6 is 11.8 Å². The second-order valence-corrected chi connectivity index (χ2v) is 6.01. The first-order valence-corrected chi connectivity index (χ1v) is 7.56. The van der Waals surface area contributed by atoms with Crippen LogP contribution in [0.4, 0.5) is 0 Å². The number of hydrogen-bond acceptors (Lipinski definition) is 1. The lowest BCUT2D eigenvalue weighted by atomic mass is 9.96. The number of thioether (sulfide) groups is 1. The minimum absolute atomic E-state index is 0.518. The molecule has 2 atom stereocenters. The van der Waals surface area contributed by atoms with E-state index in [1.165, 1.54) is 10.5 Å². The van der Waals surface area contributed by atoms with E-state index in [-0.39, 0.29) is 0 Å². The first-order chi connectivity index (χ1) is 9.31. The molecule has 2 rings (SSSR count). The van der Waals surface area contributed by atoms with E-state index in [2.05, 4.69) is 74.2 Å². The second kappa shape index (κ2) is 7.20. The fraction of sp³-hybridized carbons (Fsp3) is 0.222. The minimum atomic E-state index is 0.518. The van der Waals surface area contributed by atoms with Gasteiger partial charge in [0.1, 0.15) is 0 Å². The van der Waals surface area contributed by atoms with Crippen LogP contribution in [0.2, 0.25) is 0 Å². The zero-order chi connectivity index (χ0) is 13.5. The Labute approximate surface area is 120 Å². The van der Waals surface area contributed by atoms with Gasteiger partial charge in [-0.1, -0.05) is 61.5 Å². The molecule has 0 heterocycles. The summed E-state index contributed by atoms with van der Waals surface area (Å²) in [6.07, 6.45) is 3.05. The van der Waals surface area contributed by atoms with Crippen LogP contribution in [0.1, 0.15) is 24.8 Å². The molecule has 0 aliphatic heterocycles. The van der Waals surface area contributed by atoms with Crippen molar-refractivity contribution in [3.8, 4) is 0 Å². The normalized spacial score (nSPS) is 13.7. The number of benzene rings is 2. The van der Waals surface area contributed by atoms with E-state index in [1.54, 1.807) is 0 Å². The van der Waals surface area contributed by atoms with E-state index in [4.69, 9.17) is 0 Å². The van der Waals surface area contributed by atoms with Gasteiger partial charge in [0.15, 0.2) is 0 Å². The van der Waals surface area contributed by atoms with E-state index in [9.17, 15) is 0 Å². The Balaban J connectivity index is 2.13. The lowest BCUT2D eigenvalue weighted by Gasteiger charge is -2.23. The lowest BCUT2D eigenvalue weighted by Crippen LogP contribution is -2.11. The average Bonchev–Trinajstić information content (AvgIpc) is 2.48. The van der Waals surface area contributed by atoms with Crippen molar-refractivity contribution in [2.75, 3.05) is 0 Å². The molecular formula is C18H20S. The van der Waals surface area contributed by atoms with Crippen molar-refractivity contribution in [3.05, 3.63) is 78.9 Å². The van der Waals surface area contributed by atoms with Crippen LogP contribution < -0.4 is 0 Å². The predicted octanol–water partition coefficient (Wildman–Crippen LogP) is 5.53. The summed E-state index contributed by atoms with van der Waals surface area (Å²) in [6, 6.07) is 21.3. The molecule has 19 heavy (non-hydrogen) atoms. The van der Waals surface area contributed by atoms with Crippen molar-refractivity contribution in [1.82, 2.24) is 0 Å². The van der Waals surface area contributed by atoms with Crippen LogP contribution in [0, 0.1) is 0 Å². The third-order valence-electron chi connectivity index (χ3n) is 3.31. The highest BCUT2D eigenvalue weighted by atomic mass is 32.2. The molecule has 1 heteroatoms. The Bertz CT molecular complexity index is 490. The molecule has 0 bridgehead atoms. The van der Waals surface area contributed by atoms with E-state index >= 15 is 0 Å². The van der Waals surface area contributed by atoms with Gasteiger partial charge in [0.05, 0.1) is 0 Å². The predicted molar refractivity (Wildman–Crippen MR) is 85.8 cm³/mol. The zero-order valence-electron chi connectivity index (χ0n) is 11.3. The summed E-state index contributed by atoms with van der Waals surface area (Å²) in [6.45, 7) is 6.21. The molecule has 0 unspecified atom stereocenters. The summed E-state index contributed by atoms with van der Waals surface area (Å²) >= 11 is 1.94. The molecule has 98 valence electrons. The van der Waals surface area contributed by atoms with Gasteiger partial charge in [0.2, 0.25) is 0 Å². The molecule has 2 aromatic carbocycles. The molecule has 2 aromatic rings. The van der Waals surface area contributed by atoms with E-state index < -0.39 is 0 Å². The van der Waals surface area contributed by atoms with Crippen molar-refractivity contribution in [1.29, 1.82) is 0 Å². The highest BCUT2D eigenvalue weighted by Gasteiger charge is 2.18. The van der Waals surface area contributed by atoms with Crippen molar-refractivity contribution >= 4 is 11.8 Å². The molecule has 0 saturated carbocycles. The van der Waals surface area contributed by atoms with Crippen LogP contribution in [0.5, 0.6) is 0 Å². The Morgan fingerprint density at radius 2 is 1.58 bits per heavy atom. The summed E-state index contributed by atoms with van der Waals surface area (Å²) in [5, 5.41) is 0.530. The van der Waals surface area contributed by atoms with Crippen LogP contribution in [-0.4, -0.2) is 5.25 Å². The number of rotatable bonds is 6. The van der Waals surface area contributed by atoms with Gasteiger partial charge in [-0.2, -0.15) is 0 Å². The van der Waals surface area contributed by atoms with Crippen molar-refractivity contribution in [3.63, 3.8) is 0 Å². The zero-order valence-corrected chi connectivity index (χ0v) is 12.1. The molecule has 0 saturated heterocycles. The van der Waals surface area contributed by atoms with Crippen molar-refractivity contribution in [2.24, 2.45) is 0 Å². The molecule has 0 aromatic heterocycles. The van der Waals surface area contributed by atoms with Gasteiger partial charge in [-0.3, -0.25) is 0 Å². The molecule has 0 fully saturated rings. The van der Waals surface area contributed by atoms with E-state index in [1.807, 2.05) is 17.8 Å². The smallest absolute Gasteiger partial charge is 0.0195 e. The third kappa shape index (κ3) is 4.00. The van der Waals surface area contributed by atoms with Gasteiger partial charge in [-0.05, 0) is 30.0 Å². The monoisotopic (exact) mass is 268 g/mol. The maximum atomic E-state index is 3.90. The SMILES string of the molecule is C=CC[C@@H](Sc1ccccc1)[C@H](C)c1ccccc1. The molecular weight excluding hydrogens is 248 g/mol. The maximum Gasteiger partial charge on any atom is 0.0195 e. The molecule has 0 nitrogen and oxygen atoms in total. The Morgan fingerprint density at radius 3 is 2.16 bits per heavy atom. The Kier molecular flexibility index (Phi) is 5.29. The van der Waals surface area contributed by atoms with Crippen molar-refractivity contribution < 1.29 is 0 Å². The molecule has 0 N–H and O–H groups in total. The van der Waals surface area contributed by atoms with Gasteiger partial charge in [0, 0.05) is 10.1 Å². The molecule has 0 amide bonds. The van der Waals surface area contributed by atoms with Gasteiger partial charge in [-0.25, -0.2) is 0 Å². The average molecular weight is 268 g/mol. The third-order valence-corrected chi connectivity index (χ3v) is 4.76. The fourth-order valence-corrected chi connectivity index (χ4v) is 3.42. The van der Waals surface area contributed by atoms with Gasteiger partial charge in [0.25, 0.3) is 0 Å². The van der Waals surface area contributed by atoms with Crippen molar-refractivity contribution in [2.45, 2.75) is 29.4 Å². The first kappa shape index (κ1) is 14.0. The quantitative estimate of drug-likeness (QED) is 0.490. The number of allylic oxidation sites excluding steroid dienone is 1. The highest BCUT2D eigenvalue weighted by molar-refractivity contribution is 8.00. The molecule has 0 aliphatic rings. The topological polar surface area (TPSA) is 0 Å². The van der Waals surface area contributed by atoms with Gasteiger partial charge >= 0.3 is 0 Å². The standard InChI is InChI=1S/C18H20S/c1-3-10-18(19-17-13-8-5-9-14-17)15(2)16-11-6-4-7-12-16/h3-9,11-15,18H,1,10H2,2H3/t15-,18-/m1/s1. The van der Waals surface area contributed by atoms with Gasteiger partial charge < -0.3 is 0 Å². The second-order valence-electron chi connectivity index (χ2n) is 4.69.